The molecule has 3 rings (SSSR count). The highest BCUT2D eigenvalue weighted by Crippen LogP contribution is 2.34. The van der Waals surface area contributed by atoms with Gasteiger partial charge in [0.25, 0.3) is 0 Å². The van der Waals surface area contributed by atoms with Crippen molar-refractivity contribution >= 4 is 22.6 Å². The van der Waals surface area contributed by atoms with Crippen molar-refractivity contribution in [1.29, 1.82) is 0 Å². The van der Waals surface area contributed by atoms with Crippen molar-refractivity contribution in [2.24, 2.45) is 0 Å². The molecule has 0 amide bonds. The van der Waals surface area contributed by atoms with E-state index in [0.717, 1.165) is 42.9 Å². The van der Waals surface area contributed by atoms with Gasteiger partial charge in [-0.15, -0.1) is 11.6 Å². The zero-order valence-electron chi connectivity index (χ0n) is 11.5. The van der Waals surface area contributed by atoms with Crippen LogP contribution in [0.5, 0.6) is 0 Å². The number of nitrogens with zero attached hydrogens (tertiary/aromatic N) is 2. The highest BCUT2D eigenvalue weighted by molar-refractivity contribution is 6.17. The lowest BCUT2D eigenvalue weighted by molar-refractivity contribution is 0.0301. The molecule has 0 radical (unpaired) electrons. The summed E-state index contributed by atoms with van der Waals surface area (Å²) in [5.74, 6) is 1.22. The maximum atomic E-state index is 13.6. The standard InChI is InChI=1S/C15H18ClFN2O/c1-15(5-8-20-9-6-15)19-13-10-11(17)2-3-12(13)18-14(19)4-7-16/h2-3,10H,4-9H2,1H3. The summed E-state index contributed by atoms with van der Waals surface area (Å²) < 4.78 is 21.3. The number of aromatic nitrogens is 2. The number of alkyl halides is 1. The SMILES string of the molecule is CC1(n2c(CCCl)nc3ccc(F)cc32)CCOCC1. The molecule has 2 aromatic rings. The van der Waals surface area contributed by atoms with E-state index in [1.807, 2.05) is 0 Å². The van der Waals surface area contributed by atoms with E-state index in [4.69, 9.17) is 16.3 Å². The Hall–Kier alpha value is -1.13. The van der Waals surface area contributed by atoms with Crippen LogP contribution in [0.2, 0.25) is 0 Å². The normalized spacial score (nSPS) is 18.6. The number of hydrogen-bond donors (Lipinski definition) is 0. The van der Waals surface area contributed by atoms with Crippen LogP contribution in [0.1, 0.15) is 25.6 Å². The van der Waals surface area contributed by atoms with Crippen molar-refractivity contribution in [2.45, 2.75) is 31.7 Å². The Bertz CT molecular complexity index is 620. The van der Waals surface area contributed by atoms with E-state index in [-0.39, 0.29) is 11.4 Å². The minimum atomic E-state index is -0.230. The molecule has 108 valence electrons. The fraction of sp³-hybridized carbons (Fsp3) is 0.533. The van der Waals surface area contributed by atoms with Gasteiger partial charge in [0.15, 0.2) is 0 Å². The summed E-state index contributed by atoms with van der Waals surface area (Å²) in [7, 11) is 0. The van der Waals surface area contributed by atoms with Gasteiger partial charge in [0.1, 0.15) is 11.6 Å². The van der Waals surface area contributed by atoms with Crippen molar-refractivity contribution in [3.05, 3.63) is 29.8 Å². The number of fused-ring (bicyclic) bond motifs is 1. The number of imidazole rings is 1. The van der Waals surface area contributed by atoms with Crippen LogP contribution in [0.4, 0.5) is 4.39 Å². The molecule has 1 aliphatic heterocycles. The van der Waals surface area contributed by atoms with E-state index in [1.165, 1.54) is 6.07 Å². The molecule has 0 spiro atoms. The molecule has 1 fully saturated rings. The second-order valence-corrected chi connectivity index (χ2v) is 5.92. The van der Waals surface area contributed by atoms with Gasteiger partial charge >= 0.3 is 0 Å². The molecule has 0 bridgehead atoms. The van der Waals surface area contributed by atoms with E-state index in [0.29, 0.717) is 12.3 Å². The Labute approximate surface area is 122 Å². The monoisotopic (exact) mass is 296 g/mol. The highest BCUT2D eigenvalue weighted by Gasteiger charge is 2.32. The van der Waals surface area contributed by atoms with Gasteiger partial charge in [-0.2, -0.15) is 0 Å². The number of benzene rings is 1. The van der Waals surface area contributed by atoms with E-state index >= 15 is 0 Å². The first-order chi connectivity index (χ1) is 9.64. The van der Waals surface area contributed by atoms with Gasteiger partial charge in [-0.1, -0.05) is 0 Å². The summed E-state index contributed by atoms with van der Waals surface area (Å²) in [5, 5.41) is 0. The Morgan fingerprint density at radius 3 is 2.85 bits per heavy atom. The van der Waals surface area contributed by atoms with Crippen LogP contribution in [0, 0.1) is 5.82 Å². The molecule has 1 aliphatic rings. The summed E-state index contributed by atoms with van der Waals surface area (Å²) in [6, 6.07) is 4.76. The number of aryl methyl sites for hydroxylation is 1. The third-order valence-electron chi connectivity index (χ3n) is 4.11. The second kappa shape index (κ2) is 5.34. The average molecular weight is 297 g/mol. The molecular formula is C15H18ClFN2O. The summed E-state index contributed by atoms with van der Waals surface area (Å²) in [5.41, 5.74) is 1.61. The van der Waals surface area contributed by atoms with Crippen LogP contribution in [0.3, 0.4) is 0 Å². The number of ether oxygens (including phenoxy) is 1. The zero-order chi connectivity index (χ0) is 14.2. The van der Waals surface area contributed by atoms with Gasteiger partial charge in [-0.3, -0.25) is 0 Å². The molecule has 0 unspecified atom stereocenters. The lowest BCUT2D eigenvalue weighted by Crippen LogP contribution is -2.37. The van der Waals surface area contributed by atoms with Crippen LogP contribution in [-0.4, -0.2) is 28.6 Å². The Morgan fingerprint density at radius 2 is 2.15 bits per heavy atom. The van der Waals surface area contributed by atoms with E-state index < -0.39 is 0 Å². The average Bonchev–Trinajstić information content (AvgIpc) is 2.78. The van der Waals surface area contributed by atoms with Crippen molar-refractivity contribution in [2.75, 3.05) is 19.1 Å². The van der Waals surface area contributed by atoms with Gasteiger partial charge in [0.2, 0.25) is 0 Å². The Morgan fingerprint density at radius 1 is 1.40 bits per heavy atom. The maximum absolute atomic E-state index is 13.6. The van der Waals surface area contributed by atoms with Crippen LogP contribution in [-0.2, 0) is 16.7 Å². The maximum Gasteiger partial charge on any atom is 0.125 e. The second-order valence-electron chi connectivity index (χ2n) is 5.54. The van der Waals surface area contributed by atoms with Gasteiger partial charge in [0, 0.05) is 31.1 Å². The first-order valence-corrected chi connectivity index (χ1v) is 7.48. The van der Waals surface area contributed by atoms with Crippen LogP contribution in [0.25, 0.3) is 11.0 Å². The third kappa shape index (κ3) is 2.31. The molecule has 2 heterocycles. The highest BCUT2D eigenvalue weighted by atomic mass is 35.5. The van der Waals surface area contributed by atoms with E-state index in [9.17, 15) is 4.39 Å². The molecule has 0 N–H and O–H groups in total. The third-order valence-corrected chi connectivity index (χ3v) is 4.30. The topological polar surface area (TPSA) is 27.1 Å². The van der Waals surface area contributed by atoms with Gasteiger partial charge < -0.3 is 9.30 Å². The smallest absolute Gasteiger partial charge is 0.125 e. The molecule has 20 heavy (non-hydrogen) atoms. The lowest BCUT2D eigenvalue weighted by atomic mass is 9.91. The molecule has 0 atom stereocenters. The Balaban J connectivity index is 2.19. The largest absolute Gasteiger partial charge is 0.381 e. The summed E-state index contributed by atoms with van der Waals surface area (Å²) >= 11 is 5.90. The molecule has 5 heteroatoms. The number of halogens is 2. The summed E-state index contributed by atoms with van der Waals surface area (Å²) in [6.07, 6.45) is 2.50. The predicted molar refractivity (Wildman–Crippen MR) is 77.8 cm³/mol. The molecule has 0 saturated carbocycles. The first kappa shape index (κ1) is 13.8. The number of rotatable bonds is 3. The summed E-state index contributed by atoms with van der Waals surface area (Å²) in [6.45, 7) is 3.65. The van der Waals surface area contributed by atoms with Crippen molar-refractivity contribution in [3.63, 3.8) is 0 Å². The summed E-state index contributed by atoms with van der Waals surface area (Å²) in [4.78, 5) is 4.63. The molecule has 1 aromatic heterocycles. The molecule has 0 aliphatic carbocycles. The van der Waals surface area contributed by atoms with Crippen molar-refractivity contribution in [1.82, 2.24) is 9.55 Å². The Kier molecular flexibility index (Phi) is 3.69. The van der Waals surface area contributed by atoms with Gasteiger partial charge in [0.05, 0.1) is 11.0 Å². The van der Waals surface area contributed by atoms with E-state index in [2.05, 4.69) is 16.5 Å². The predicted octanol–water partition coefficient (Wildman–Crippen LogP) is 3.48. The molecule has 1 aromatic carbocycles. The minimum absolute atomic E-state index is 0.0812. The quantitative estimate of drug-likeness (QED) is 0.811. The van der Waals surface area contributed by atoms with Gasteiger partial charge in [-0.05, 0) is 38.0 Å². The van der Waals surface area contributed by atoms with Crippen LogP contribution >= 0.6 is 11.6 Å². The molecule has 1 saturated heterocycles. The molecular weight excluding hydrogens is 279 g/mol. The van der Waals surface area contributed by atoms with Crippen LogP contribution < -0.4 is 0 Å². The van der Waals surface area contributed by atoms with E-state index in [1.54, 1.807) is 12.1 Å². The fourth-order valence-electron chi connectivity index (χ4n) is 2.99. The van der Waals surface area contributed by atoms with Crippen molar-refractivity contribution in [3.8, 4) is 0 Å². The first-order valence-electron chi connectivity index (χ1n) is 6.95. The van der Waals surface area contributed by atoms with Crippen molar-refractivity contribution < 1.29 is 9.13 Å². The number of hydrogen-bond acceptors (Lipinski definition) is 2. The lowest BCUT2D eigenvalue weighted by Gasteiger charge is -2.36. The molecule has 3 nitrogen and oxygen atoms in total. The van der Waals surface area contributed by atoms with Crippen LogP contribution in [0.15, 0.2) is 18.2 Å². The zero-order valence-corrected chi connectivity index (χ0v) is 12.3. The minimum Gasteiger partial charge on any atom is -0.381 e. The van der Waals surface area contributed by atoms with Gasteiger partial charge in [-0.25, -0.2) is 9.37 Å². The fourth-order valence-corrected chi connectivity index (χ4v) is 3.16.